The first-order chi connectivity index (χ1) is 9.31. The Balaban J connectivity index is 2.75. The average Bonchev–Trinajstić information content (AvgIpc) is 2.34. The van der Waals surface area contributed by atoms with Crippen LogP contribution in [0.5, 0.6) is 0 Å². The van der Waals surface area contributed by atoms with Crippen molar-refractivity contribution < 1.29 is 23.1 Å². The van der Waals surface area contributed by atoms with Crippen molar-refractivity contribution in [3.63, 3.8) is 0 Å². The van der Waals surface area contributed by atoms with E-state index in [9.17, 15) is 18.0 Å². The first-order valence-electron chi connectivity index (χ1n) is 5.72. The van der Waals surface area contributed by atoms with Gasteiger partial charge < -0.3 is 10.0 Å². The van der Waals surface area contributed by atoms with Gasteiger partial charge in [-0.2, -0.15) is 13.2 Å². The Morgan fingerprint density at radius 1 is 1.40 bits per heavy atom. The third-order valence-electron chi connectivity index (χ3n) is 2.32. The molecule has 20 heavy (non-hydrogen) atoms. The molecule has 0 fully saturated rings. The standard InChI is InChI=1S/C13H13ClF3NO2/c14-11-3-1-2-10(8-11)4-5-12(20)18(6-7-19)9-13(15,16)17/h1-5,8,19H,6-7,9H2/b5-4+. The first kappa shape index (κ1) is 16.5. The van der Waals surface area contributed by atoms with Crippen molar-refractivity contribution in [2.45, 2.75) is 6.18 Å². The fraction of sp³-hybridized carbons (Fsp3) is 0.308. The van der Waals surface area contributed by atoms with Crippen molar-refractivity contribution in [2.24, 2.45) is 0 Å². The summed E-state index contributed by atoms with van der Waals surface area (Å²) in [7, 11) is 0. The lowest BCUT2D eigenvalue weighted by atomic mass is 10.2. The van der Waals surface area contributed by atoms with Crippen LogP contribution in [0.15, 0.2) is 30.3 Å². The molecule has 0 spiro atoms. The summed E-state index contributed by atoms with van der Waals surface area (Å²) < 4.78 is 36.9. The molecular weight excluding hydrogens is 295 g/mol. The van der Waals surface area contributed by atoms with Gasteiger partial charge in [-0.05, 0) is 23.8 Å². The summed E-state index contributed by atoms with van der Waals surface area (Å²) in [6.45, 7) is -2.31. The second kappa shape index (κ2) is 7.31. The molecule has 1 aromatic rings. The molecule has 0 unspecified atom stereocenters. The van der Waals surface area contributed by atoms with E-state index >= 15 is 0 Å². The number of amides is 1. The van der Waals surface area contributed by atoms with Crippen LogP contribution in [0, 0.1) is 0 Å². The van der Waals surface area contributed by atoms with Crippen LogP contribution in [0.25, 0.3) is 6.08 Å². The SMILES string of the molecule is O=C(/C=C/c1cccc(Cl)c1)N(CCO)CC(F)(F)F. The largest absolute Gasteiger partial charge is 0.406 e. The number of alkyl halides is 3. The predicted molar refractivity (Wildman–Crippen MR) is 70.2 cm³/mol. The van der Waals surface area contributed by atoms with Crippen molar-refractivity contribution in [3.8, 4) is 0 Å². The smallest absolute Gasteiger partial charge is 0.395 e. The topological polar surface area (TPSA) is 40.5 Å². The van der Waals surface area contributed by atoms with Crippen LogP contribution in [0.2, 0.25) is 5.02 Å². The molecule has 0 atom stereocenters. The Morgan fingerprint density at radius 3 is 2.65 bits per heavy atom. The molecule has 1 rings (SSSR count). The third kappa shape index (κ3) is 6.08. The van der Waals surface area contributed by atoms with Crippen LogP contribution in [0.4, 0.5) is 13.2 Å². The van der Waals surface area contributed by atoms with Gasteiger partial charge in [0, 0.05) is 17.6 Å². The summed E-state index contributed by atoms with van der Waals surface area (Å²) in [4.78, 5) is 12.2. The highest BCUT2D eigenvalue weighted by atomic mass is 35.5. The van der Waals surface area contributed by atoms with Gasteiger partial charge in [-0.3, -0.25) is 4.79 Å². The maximum absolute atomic E-state index is 12.3. The van der Waals surface area contributed by atoms with Gasteiger partial charge in [-0.25, -0.2) is 0 Å². The molecule has 1 N–H and O–H groups in total. The molecule has 1 aromatic carbocycles. The minimum atomic E-state index is -4.51. The van der Waals surface area contributed by atoms with E-state index in [0.717, 1.165) is 6.08 Å². The summed E-state index contributed by atoms with van der Waals surface area (Å²) in [5, 5.41) is 9.16. The molecule has 0 heterocycles. The van der Waals surface area contributed by atoms with Gasteiger partial charge in [0.2, 0.25) is 5.91 Å². The van der Waals surface area contributed by atoms with Crippen molar-refractivity contribution in [2.75, 3.05) is 19.7 Å². The van der Waals surface area contributed by atoms with E-state index in [4.69, 9.17) is 16.7 Å². The van der Waals surface area contributed by atoms with Gasteiger partial charge in [0.1, 0.15) is 6.54 Å². The molecule has 7 heteroatoms. The zero-order chi connectivity index (χ0) is 15.2. The number of halogens is 4. The van der Waals surface area contributed by atoms with E-state index in [1.807, 2.05) is 0 Å². The maximum Gasteiger partial charge on any atom is 0.406 e. The molecular formula is C13H13ClF3NO2. The quantitative estimate of drug-likeness (QED) is 0.850. The Morgan fingerprint density at radius 2 is 2.10 bits per heavy atom. The Hall–Kier alpha value is -1.53. The number of benzene rings is 1. The molecule has 0 saturated carbocycles. The summed E-state index contributed by atoms with van der Waals surface area (Å²) in [5.41, 5.74) is 0.599. The van der Waals surface area contributed by atoms with E-state index in [1.165, 1.54) is 6.08 Å². The van der Waals surface area contributed by atoms with Crippen molar-refractivity contribution >= 4 is 23.6 Å². The van der Waals surface area contributed by atoms with Crippen LogP contribution in [-0.4, -0.2) is 41.8 Å². The van der Waals surface area contributed by atoms with Gasteiger partial charge >= 0.3 is 6.18 Å². The number of hydrogen-bond acceptors (Lipinski definition) is 2. The van der Waals surface area contributed by atoms with Crippen molar-refractivity contribution in [3.05, 3.63) is 40.9 Å². The van der Waals surface area contributed by atoms with Gasteiger partial charge in [0.25, 0.3) is 0 Å². The summed E-state index contributed by atoms with van der Waals surface area (Å²) in [6, 6.07) is 6.54. The summed E-state index contributed by atoms with van der Waals surface area (Å²) in [5.74, 6) is -0.823. The van der Waals surface area contributed by atoms with Crippen LogP contribution in [-0.2, 0) is 4.79 Å². The number of rotatable bonds is 5. The van der Waals surface area contributed by atoms with E-state index in [-0.39, 0.29) is 6.54 Å². The number of hydrogen-bond donors (Lipinski definition) is 1. The van der Waals surface area contributed by atoms with Crippen LogP contribution in [0.1, 0.15) is 5.56 Å². The highest BCUT2D eigenvalue weighted by molar-refractivity contribution is 6.30. The molecule has 0 aliphatic heterocycles. The first-order valence-corrected chi connectivity index (χ1v) is 6.10. The molecule has 0 aromatic heterocycles. The van der Waals surface area contributed by atoms with E-state index in [1.54, 1.807) is 24.3 Å². The number of aliphatic hydroxyl groups is 1. The van der Waals surface area contributed by atoms with Crippen LogP contribution < -0.4 is 0 Å². The molecule has 110 valence electrons. The Bertz CT molecular complexity index is 489. The monoisotopic (exact) mass is 307 g/mol. The number of carbonyl (C=O) groups is 1. The normalized spacial score (nSPS) is 11.8. The fourth-order valence-electron chi connectivity index (χ4n) is 1.49. The highest BCUT2D eigenvalue weighted by Gasteiger charge is 2.32. The maximum atomic E-state index is 12.3. The van der Waals surface area contributed by atoms with Crippen LogP contribution >= 0.6 is 11.6 Å². The van der Waals surface area contributed by atoms with Crippen molar-refractivity contribution in [1.82, 2.24) is 4.90 Å². The molecule has 1 amide bonds. The Kier molecular flexibility index (Phi) is 6.04. The van der Waals surface area contributed by atoms with Gasteiger partial charge in [-0.15, -0.1) is 0 Å². The minimum Gasteiger partial charge on any atom is -0.395 e. The second-order valence-corrected chi connectivity index (χ2v) is 4.42. The third-order valence-corrected chi connectivity index (χ3v) is 2.55. The minimum absolute atomic E-state index is 0.377. The lowest BCUT2D eigenvalue weighted by Gasteiger charge is -2.21. The number of carbonyl (C=O) groups excluding carboxylic acids is 1. The molecule has 0 saturated heterocycles. The molecule has 0 radical (unpaired) electrons. The molecule has 0 aliphatic carbocycles. The summed E-state index contributed by atoms with van der Waals surface area (Å²) >= 11 is 5.75. The number of nitrogens with zero attached hydrogens (tertiary/aromatic N) is 1. The molecule has 0 bridgehead atoms. The fourth-order valence-corrected chi connectivity index (χ4v) is 1.69. The van der Waals surface area contributed by atoms with Gasteiger partial charge in [0.15, 0.2) is 0 Å². The van der Waals surface area contributed by atoms with E-state index in [0.29, 0.717) is 15.5 Å². The second-order valence-electron chi connectivity index (χ2n) is 3.99. The predicted octanol–water partition coefficient (Wildman–Crippen LogP) is 2.74. The average molecular weight is 308 g/mol. The van der Waals surface area contributed by atoms with E-state index in [2.05, 4.69) is 0 Å². The highest BCUT2D eigenvalue weighted by Crippen LogP contribution is 2.17. The van der Waals surface area contributed by atoms with Gasteiger partial charge in [0.05, 0.1) is 6.61 Å². The molecule has 0 aliphatic rings. The zero-order valence-electron chi connectivity index (χ0n) is 10.4. The lowest BCUT2D eigenvalue weighted by molar-refractivity contribution is -0.158. The van der Waals surface area contributed by atoms with E-state index < -0.39 is 25.2 Å². The van der Waals surface area contributed by atoms with Gasteiger partial charge in [-0.1, -0.05) is 23.7 Å². The lowest BCUT2D eigenvalue weighted by Crippen LogP contribution is -2.39. The summed E-state index contributed by atoms with van der Waals surface area (Å²) in [6.07, 6.45) is -2.11. The zero-order valence-corrected chi connectivity index (χ0v) is 11.2. The van der Waals surface area contributed by atoms with Crippen molar-refractivity contribution in [1.29, 1.82) is 0 Å². The molecule has 3 nitrogen and oxygen atoms in total. The Labute approximate surface area is 119 Å². The number of aliphatic hydroxyl groups excluding tert-OH is 1. The van der Waals surface area contributed by atoms with Crippen LogP contribution in [0.3, 0.4) is 0 Å².